The number of carbonyl (C=O) groups excluding carboxylic acids is 2. The van der Waals surface area contributed by atoms with Crippen molar-refractivity contribution in [2.75, 3.05) is 25.7 Å². The Hall–Kier alpha value is -4.56. The van der Waals surface area contributed by atoms with Crippen LogP contribution in [0.3, 0.4) is 0 Å². The number of carbonyl (C=O) groups is 2. The van der Waals surface area contributed by atoms with Gasteiger partial charge in [-0.25, -0.2) is 19.7 Å². The van der Waals surface area contributed by atoms with E-state index in [4.69, 9.17) is 19.4 Å². The highest BCUT2D eigenvalue weighted by molar-refractivity contribution is 8.37. The molecule has 0 aromatic carbocycles. The van der Waals surface area contributed by atoms with Crippen molar-refractivity contribution >= 4 is 33.5 Å². The van der Waals surface area contributed by atoms with Crippen molar-refractivity contribution < 1.29 is 19.1 Å². The summed E-state index contributed by atoms with van der Waals surface area (Å²) in [5, 5.41) is 7.24. The molecule has 4 aromatic heterocycles. The van der Waals surface area contributed by atoms with Gasteiger partial charge in [0.2, 0.25) is 11.8 Å². The van der Waals surface area contributed by atoms with Crippen molar-refractivity contribution in [3.63, 3.8) is 0 Å². The summed E-state index contributed by atoms with van der Waals surface area (Å²) in [7, 11) is 1.76. The molecule has 0 aliphatic carbocycles. The fourth-order valence-corrected chi connectivity index (χ4v) is 6.85. The second kappa shape index (κ2) is 14.3. The van der Waals surface area contributed by atoms with Crippen LogP contribution in [0.5, 0.6) is 5.88 Å². The second-order valence-electron chi connectivity index (χ2n) is 13.5. The summed E-state index contributed by atoms with van der Waals surface area (Å²) in [4.78, 5) is 41.7. The first kappa shape index (κ1) is 36.3. The molecular weight excluding hydrogens is 625 g/mol. The first-order chi connectivity index (χ1) is 22.5. The van der Waals surface area contributed by atoms with Crippen molar-refractivity contribution in [3.8, 4) is 39.6 Å². The van der Waals surface area contributed by atoms with Gasteiger partial charge in [0, 0.05) is 25.0 Å². The number of imidazole rings is 1. The van der Waals surface area contributed by atoms with E-state index in [1.54, 1.807) is 47.1 Å². The third kappa shape index (κ3) is 7.76. The molecule has 2 amide bonds. The van der Waals surface area contributed by atoms with Crippen molar-refractivity contribution in [2.24, 2.45) is 0 Å². The molecule has 256 valence electrons. The topological polar surface area (TPSA) is 111 Å². The SMILES string of the molecule is COc1ncccc1-c1nc2cc(C)ccn2c1-c1ccc(NC(=O)C(C)N(C)C(=O)OC(C)(C)C)nc1C#CS(C)(C(C)C)C(C)C. The van der Waals surface area contributed by atoms with E-state index in [0.29, 0.717) is 33.6 Å². The third-order valence-corrected chi connectivity index (χ3v) is 12.9. The second-order valence-corrected chi connectivity index (χ2v) is 17.7. The number of anilines is 1. The summed E-state index contributed by atoms with van der Waals surface area (Å²) in [5.74, 6) is 3.80. The van der Waals surface area contributed by atoms with Crippen LogP contribution in [0.15, 0.2) is 48.8 Å². The molecule has 4 heterocycles. The molecule has 1 atom stereocenters. The number of aryl methyl sites for hydroxylation is 1. The summed E-state index contributed by atoms with van der Waals surface area (Å²) in [6.45, 7) is 17.8. The van der Waals surface area contributed by atoms with E-state index in [0.717, 1.165) is 28.0 Å². The van der Waals surface area contributed by atoms with Gasteiger partial charge in [-0.3, -0.25) is 14.1 Å². The van der Waals surface area contributed by atoms with Gasteiger partial charge in [0.25, 0.3) is 0 Å². The molecule has 1 unspecified atom stereocenters. The zero-order valence-electron chi connectivity index (χ0n) is 30.1. The first-order valence-electron chi connectivity index (χ1n) is 16.0. The van der Waals surface area contributed by atoms with Crippen LogP contribution < -0.4 is 10.1 Å². The number of hydrogen-bond donors (Lipinski definition) is 1. The molecule has 4 aromatic rings. The van der Waals surface area contributed by atoms with Crippen LogP contribution in [0.2, 0.25) is 0 Å². The van der Waals surface area contributed by atoms with E-state index < -0.39 is 33.7 Å². The maximum atomic E-state index is 13.4. The van der Waals surface area contributed by atoms with Crippen LogP contribution >= 0.6 is 10.0 Å². The van der Waals surface area contributed by atoms with Gasteiger partial charge in [0.1, 0.15) is 34.5 Å². The molecule has 10 nitrogen and oxygen atoms in total. The minimum Gasteiger partial charge on any atom is -0.481 e. The molecule has 4 rings (SSSR count). The first-order valence-corrected chi connectivity index (χ1v) is 18.2. The Morgan fingerprint density at radius 2 is 1.71 bits per heavy atom. The number of nitrogens with one attached hydrogen (secondary N) is 1. The molecule has 11 heteroatoms. The molecule has 1 N–H and O–H groups in total. The maximum Gasteiger partial charge on any atom is 0.410 e. The van der Waals surface area contributed by atoms with Crippen LogP contribution in [0.4, 0.5) is 10.6 Å². The van der Waals surface area contributed by atoms with Gasteiger partial charge in [-0.1, -0.05) is 27.7 Å². The van der Waals surface area contributed by atoms with E-state index in [9.17, 15) is 9.59 Å². The Bertz CT molecular complexity index is 1870. The average molecular weight is 673 g/mol. The quantitative estimate of drug-likeness (QED) is 0.193. The fraction of sp³-hybridized carbons (Fsp3) is 0.432. The summed E-state index contributed by atoms with van der Waals surface area (Å²) >= 11 is 0. The number of likely N-dealkylation sites (N-methyl/N-ethyl adjacent to an activating group) is 1. The molecule has 0 bridgehead atoms. The smallest absolute Gasteiger partial charge is 0.410 e. The molecule has 0 saturated heterocycles. The van der Waals surface area contributed by atoms with E-state index in [1.807, 2.05) is 47.9 Å². The van der Waals surface area contributed by atoms with E-state index in [-0.39, 0.29) is 0 Å². The minimum atomic E-state index is -1.36. The van der Waals surface area contributed by atoms with Crippen molar-refractivity contribution in [1.29, 1.82) is 0 Å². The molecule has 48 heavy (non-hydrogen) atoms. The fourth-order valence-electron chi connectivity index (χ4n) is 4.98. The van der Waals surface area contributed by atoms with Crippen LogP contribution in [-0.2, 0) is 9.53 Å². The van der Waals surface area contributed by atoms with Crippen molar-refractivity contribution in [3.05, 3.63) is 60.0 Å². The Balaban J connectivity index is 1.90. The normalized spacial score (nSPS) is 12.8. The van der Waals surface area contributed by atoms with E-state index in [1.165, 1.54) is 11.9 Å². The monoisotopic (exact) mass is 672 g/mol. The highest BCUT2D eigenvalue weighted by Gasteiger charge is 2.29. The van der Waals surface area contributed by atoms with Gasteiger partial charge in [0.15, 0.2) is 0 Å². The summed E-state index contributed by atoms with van der Waals surface area (Å²) in [6.07, 6.45) is 5.32. The number of hydrogen-bond acceptors (Lipinski definition) is 7. The van der Waals surface area contributed by atoms with Gasteiger partial charge in [-0.05, 0) is 105 Å². The Labute approximate surface area is 286 Å². The zero-order valence-corrected chi connectivity index (χ0v) is 30.9. The van der Waals surface area contributed by atoms with Gasteiger partial charge in [-0.15, -0.1) is 0 Å². The van der Waals surface area contributed by atoms with Gasteiger partial charge in [0.05, 0.1) is 18.4 Å². The predicted octanol–water partition coefficient (Wildman–Crippen LogP) is 7.53. The lowest BCUT2D eigenvalue weighted by molar-refractivity contribution is -0.120. The lowest BCUT2D eigenvalue weighted by Crippen LogP contribution is -2.45. The molecule has 0 spiro atoms. The molecule has 0 fully saturated rings. The molecular formula is C37H48N6O4S. The van der Waals surface area contributed by atoms with Crippen LogP contribution in [0.1, 0.15) is 66.6 Å². The number of rotatable bonds is 8. The largest absolute Gasteiger partial charge is 0.481 e. The third-order valence-electron chi connectivity index (χ3n) is 8.39. The standard InChI is InChI=1S/C37H48N6O4S/c1-23(2)48(12,24(3)4)21-18-29-27(15-16-30(39-29)40-34(44)26(6)42(10)36(45)47-37(7,8)9)33-32(28-14-13-19-38-35(28)46-11)41-31-22-25(5)17-20-43(31)33/h13-17,19-20,22-24,26H,1-12H3,(H,39,40,44). The number of nitrogens with zero attached hydrogens (tertiary/aromatic N) is 5. The Morgan fingerprint density at radius 3 is 2.33 bits per heavy atom. The summed E-state index contributed by atoms with van der Waals surface area (Å²) in [6, 6.07) is 10.6. The van der Waals surface area contributed by atoms with Gasteiger partial charge < -0.3 is 14.8 Å². The lowest BCUT2D eigenvalue weighted by atomic mass is 10.0. The van der Waals surface area contributed by atoms with Crippen LogP contribution in [0.25, 0.3) is 28.2 Å². The number of aromatic nitrogens is 4. The molecule has 0 aliphatic rings. The molecule has 0 aliphatic heterocycles. The van der Waals surface area contributed by atoms with Crippen LogP contribution in [-0.4, -0.2) is 78.8 Å². The Morgan fingerprint density at radius 1 is 1.02 bits per heavy atom. The average Bonchev–Trinajstić information content (AvgIpc) is 3.39. The highest BCUT2D eigenvalue weighted by Crippen LogP contribution is 2.52. The Kier molecular flexibility index (Phi) is 10.8. The lowest BCUT2D eigenvalue weighted by Gasteiger charge is -2.38. The van der Waals surface area contributed by atoms with Crippen molar-refractivity contribution in [1.82, 2.24) is 24.3 Å². The number of ether oxygens (including phenoxy) is 2. The molecule has 0 saturated carbocycles. The van der Waals surface area contributed by atoms with Crippen LogP contribution in [0, 0.1) is 18.1 Å². The zero-order chi connectivity index (χ0) is 35.6. The summed E-state index contributed by atoms with van der Waals surface area (Å²) < 4.78 is 13.1. The number of fused-ring (bicyclic) bond motifs is 1. The van der Waals surface area contributed by atoms with E-state index >= 15 is 0 Å². The minimum absolute atomic E-state index is 0.313. The summed E-state index contributed by atoms with van der Waals surface area (Å²) in [5.41, 5.74) is 4.53. The number of amides is 2. The van der Waals surface area contributed by atoms with Crippen molar-refractivity contribution in [2.45, 2.75) is 84.5 Å². The molecule has 0 radical (unpaired) electrons. The number of pyridine rings is 3. The number of methoxy groups -OCH3 is 1. The van der Waals surface area contributed by atoms with E-state index in [2.05, 4.69) is 55.4 Å². The maximum absolute atomic E-state index is 13.4. The highest BCUT2D eigenvalue weighted by atomic mass is 32.3. The van der Waals surface area contributed by atoms with Gasteiger partial charge >= 0.3 is 6.09 Å². The predicted molar refractivity (Wildman–Crippen MR) is 196 cm³/mol. The van der Waals surface area contributed by atoms with Gasteiger partial charge in [-0.2, -0.15) is 10.0 Å².